The number of amides is 3. The molecule has 4 rings (SSSR count). The monoisotopic (exact) mass is 428 g/mol. The molecule has 0 saturated carbocycles. The van der Waals surface area contributed by atoms with Gasteiger partial charge >= 0.3 is 6.03 Å². The van der Waals surface area contributed by atoms with Crippen molar-refractivity contribution in [3.63, 3.8) is 0 Å². The second-order valence-corrected chi connectivity index (χ2v) is 7.61. The molecule has 3 amide bonds. The number of hydrogen-bond donors (Lipinski definition) is 2. The average molecular weight is 428 g/mol. The van der Waals surface area contributed by atoms with E-state index in [1.807, 2.05) is 0 Å². The number of carbonyl (C=O) groups excluding carboxylic acids is 2. The molecular formula is C20H20N4O5S. The Labute approximate surface area is 176 Å². The predicted octanol–water partition coefficient (Wildman–Crippen LogP) is 3.60. The molecule has 0 bridgehead atoms. The quantitative estimate of drug-likeness (QED) is 0.643. The molecule has 9 nitrogen and oxygen atoms in total. The lowest BCUT2D eigenvalue weighted by molar-refractivity contribution is 0.0996. The molecule has 2 N–H and O–H groups in total. The van der Waals surface area contributed by atoms with Gasteiger partial charge in [0.2, 0.25) is 0 Å². The van der Waals surface area contributed by atoms with E-state index in [9.17, 15) is 9.59 Å². The number of anilines is 2. The van der Waals surface area contributed by atoms with E-state index >= 15 is 0 Å². The lowest BCUT2D eigenvalue weighted by Crippen LogP contribution is -2.38. The Bertz CT molecular complexity index is 1040. The molecule has 156 valence electrons. The van der Waals surface area contributed by atoms with Gasteiger partial charge in [0.05, 0.1) is 32.7 Å². The summed E-state index contributed by atoms with van der Waals surface area (Å²) in [5, 5.41) is 6.10. The molecule has 1 aliphatic rings. The van der Waals surface area contributed by atoms with E-state index in [1.54, 1.807) is 49.5 Å². The van der Waals surface area contributed by atoms with Gasteiger partial charge in [-0.25, -0.2) is 9.78 Å². The van der Waals surface area contributed by atoms with Gasteiger partial charge in [0, 0.05) is 41.7 Å². The second-order valence-electron chi connectivity index (χ2n) is 6.52. The molecule has 3 heterocycles. The SMILES string of the molecule is COc1cc(NC(=O)N2CCc3nc(NC(=O)c4ccco4)sc3C2)cc(OC)c1. The highest BCUT2D eigenvalue weighted by molar-refractivity contribution is 7.15. The fourth-order valence-corrected chi connectivity index (χ4v) is 4.09. The zero-order valence-corrected chi connectivity index (χ0v) is 17.2. The molecule has 0 unspecified atom stereocenters. The van der Waals surface area contributed by atoms with Gasteiger partial charge in [0.15, 0.2) is 10.9 Å². The van der Waals surface area contributed by atoms with Crippen LogP contribution in [0.2, 0.25) is 0 Å². The highest BCUT2D eigenvalue weighted by atomic mass is 32.1. The lowest BCUT2D eigenvalue weighted by Gasteiger charge is -2.26. The average Bonchev–Trinajstić information content (AvgIpc) is 3.42. The highest BCUT2D eigenvalue weighted by Crippen LogP contribution is 2.30. The first-order chi connectivity index (χ1) is 14.6. The molecule has 0 spiro atoms. The molecule has 1 aliphatic heterocycles. The van der Waals surface area contributed by atoms with Crippen molar-refractivity contribution < 1.29 is 23.5 Å². The first kappa shape index (κ1) is 19.8. The van der Waals surface area contributed by atoms with Crippen LogP contribution >= 0.6 is 11.3 Å². The van der Waals surface area contributed by atoms with E-state index < -0.39 is 0 Å². The third-order valence-corrected chi connectivity index (χ3v) is 5.58. The number of hydrogen-bond acceptors (Lipinski definition) is 7. The van der Waals surface area contributed by atoms with Gasteiger partial charge in [-0.2, -0.15) is 0 Å². The third kappa shape index (κ3) is 4.23. The number of ether oxygens (including phenoxy) is 2. The first-order valence-electron chi connectivity index (χ1n) is 9.18. The number of carbonyl (C=O) groups is 2. The van der Waals surface area contributed by atoms with Crippen LogP contribution in [-0.4, -0.2) is 42.6 Å². The smallest absolute Gasteiger partial charge is 0.322 e. The number of furan rings is 1. The lowest BCUT2D eigenvalue weighted by atomic mass is 10.2. The molecule has 3 aromatic rings. The van der Waals surface area contributed by atoms with Crippen LogP contribution in [0.4, 0.5) is 15.6 Å². The molecule has 2 aromatic heterocycles. The largest absolute Gasteiger partial charge is 0.497 e. The van der Waals surface area contributed by atoms with E-state index in [-0.39, 0.29) is 17.7 Å². The maximum atomic E-state index is 12.8. The molecular weight excluding hydrogens is 408 g/mol. The van der Waals surface area contributed by atoms with E-state index in [1.165, 1.54) is 17.6 Å². The summed E-state index contributed by atoms with van der Waals surface area (Å²) >= 11 is 1.35. The van der Waals surface area contributed by atoms with Crippen molar-refractivity contribution in [2.24, 2.45) is 0 Å². The number of nitrogens with zero attached hydrogens (tertiary/aromatic N) is 2. The van der Waals surface area contributed by atoms with Crippen LogP contribution < -0.4 is 20.1 Å². The Morgan fingerprint density at radius 1 is 1.17 bits per heavy atom. The molecule has 10 heteroatoms. The minimum Gasteiger partial charge on any atom is -0.497 e. The number of aromatic nitrogens is 1. The van der Waals surface area contributed by atoms with Gasteiger partial charge in [-0.3, -0.25) is 10.1 Å². The van der Waals surface area contributed by atoms with Crippen LogP contribution in [-0.2, 0) is 13.0 Å². The molecule has 0 fully saturated rings. The number of benzene rings is 1. The number of thiazole rings is 1. The molecule has 0 saturated heterocycles. The topological polar surface area (TPSA) is 106 Å². The van der Waals surface area contributed by atoms with Crippen LogP contribution in [0.15, 0.2) is 41.0 Å². The number of methoxy groups -OCH3 is 2. The second kappa shape index (κ2) is 8.46. The normalized spacial score (nSPS) is 12.8. The van der Waals surface area contributed by atoms with Crippen LogP contribution in [0.5, 0.6) is 11.5 Å². The number of nitrogens with one attached hydrogen (secondary N) is 2. The van der Waals surface area contributed by atoms with Crippen LogP contribution in [0, 0.1) is 0 Å². The Balaban J connectivity index is 1.42. The van der Waals surface area contributed by atoms with Crippen LogP contribution in [0.25, 0.3) is 0 Å². The number of urea groups is 1. The summed E-state index contributed by atoms with van der Waals surface area (Å²) in [5.41, 5.74) is 1.47. The summed E-state index contributed by atoms with van der Waals surface area (Å²) < 4.78 is 15.6. The summed E-state index contributed by atoms with van der Waals surface area (Å²) in [5.74, 6) is 1.04. The third-order valence-electron chi connectivity index (χ3n) is 4.59. The Morgan fingerprint density at radius 2 is 1.93 bits per heavy atom. The maximum Gasteiger partial charge on any atom is 0.322 e. The fourth-order valence-electron chi connectivity index (χ4n) is 3.07. The summed E-state index contributed by atoms with van der Waals surface area (Å²) in [6.45, 7) is 0.936. The van der Waals surface area contributed by atoms with Gasteiger partial charge in [0.25, 0.3) is 5.91 Å². The predicted molar refractivity (Wildman–Crippen MR) is 111 cm³/mol. The summed E-state index contributed by atoms with van der Waals surface area (Å²) in [6, 6.07) is 8.19. The van der Waals surface area contributed by atoms with E-state index in [0.717, 1.165) is 10.6 Å². The molecule has 0 atom stereocenters. The standard InChI is InChI=1S/C20H20N4O5S/c1-27-13-8-12(9-14(10-13)28-2)21-20(26)24-6-5-15-17(11-24)30-19(22-15)23-18(25)16-4-3-7-29-16/h3-4,7-10H,5-6,11H2,1-2H3,(H,21,26)(H,22,23,25). The van der Waals surface area contributed by atoms with Crippen molar-refractivity contribution >= 4 is 34.1 Å². The Kier molecular flexibility index (Phi) is 5.57. The van der Waals surface area contributed by atoms with Gasteiger partial charge in [-0.1, -0.05) is 11.3 Å². The minimum absolute atomic E-state index is 0.220. The molecule has 0 aliphatic carbocycles. The van der Waals surface area contributed by atoms with Gasteiger partial charge < -0.3 is 24.1 Å². The molecule has 30 heavy (non-hydrogen) atoms. The highest BCUT2D eigenvalue weighted by Gasteiger charge is 2.25. The molecule has 1 aromatic carbocycles. The summed E-state index contributed by atoms with van der Waals surface area (Å²) in [6.07, 6.45) is 2.05. The van der Waals surface area contributed by atoms with Crippen LogP contribution in [0.1, 0.15) is 21.1 Å². The van der Waals surface area contributed by atoms with E-state index in [0.29, 0.717) is 41.8 Å². The van der Waals surface area contributed by atoms with Crippen molar-refractivity contribution in [2.45, 2.75) is 13.0 Å². The van der Waals surface area contributed by atoms with E-state index in [4.69, 9.17) is 13.9 Å². The van der Waals surface area contributed by atoms with E-state index in [2.05, 4.69) is 15.6 Å². The van der Waals surface area contributed by atoms with Gasteiger partial charge in [-0.05, 0) is 12.1 Å². The summed E-state index contributed by atoms with van der Waals surface area (Å²) in [4.78, 5) is 32.0. The van der Waals surface area contributed by atoms with Crippen molar-refractivity contribution in [2.75, 3.05) is 31.4 Å². The maximum absolute atomic E-state index is 12.8. The first-order valence-corrected chi connectivity index (χ1v) is 10.00. The van der Waals surface area contributed by atoms with Crippen molar-refractivity contribution in [3.05, 3.63) is 52.9 Å². The Morgan fingerprint density at radius 3 is 2.60 bits per heavy atom. The fraction of sp³-hybridized carbons (Fsp3) is 0.250. The Hall–Kier alpha value is -3.53. The van der Waals surface area contributed by atoms with Crippen molar-refractivity contribution in [1.82, 2.24) is 9.88 Å². The zero-order valence-electron chi connectivity index (χ0n) is 16.4. The number of rotatable bonds is 5. The molecule has 0 radical (unpaired) electrons. The van der Waals surface area contributed by atoms with Crippen molar-refractivity contribution in [3.8, 4) is 11.5 Å². The minimum atomic E-state index is -0.354. The zero-order chi connectivity index (χ0) is 21.1. The van der Waals surface area contributed by atoms with Gasteiger partial charge in [0.1, 0.15) is 11.5 Å². The summed E-state index contributed by atoms with van der Waals surface area (Å²) in [7, 11) is 3.11. The van der Waals surface area contributed by atoms with Crippen LogP contribution in [0.3, 0.4) is 0 Å². The van der Waals surface area contributed by atoms with Crippen molar-refractivity contribution in [1.29, 1.82) is 0 Å². The number of fused-ring (bicyclic) bond motifs is 1. The van der Waals surface area contributed by atoms with Gasteiger partial charge in [-0.15, -0.1) is 0 Å².